The van der Waals surface area contributed by atoms with Crippen molar-refractivity contribution in [3.05, 3.63) is 47.5 Å². The lowest BCUT2D eigenvalue weighted by molar-refractivity contribution is 0.100. The molecule has 0 unspecified atom stereocenters. The zero-order valence-corrected chi connectivity index (χ0v) is 11.4. The number of benzene rings is 2. The lowest BCUT2D eigenvalue weighted by Crippen LogP contribution is -2.03. The number of rotatable bonds is 3. The zero-order chi connectivity index (χ0) is 14.9. The first-order valence-corrected chi connectivity index (χ1v) is 6.21. The standard InChI is InChI=1S/C16H16N2O2/c1-9(19)15-7-11(17)3-5-13(15)14-6-4-12(18)8-16(14)10(2)20/h3-8H,17-18H2,1-2H3. The summed E-state index contributed by atoms with van der Waals surface area (Å²) < 4.78 is 0. The van der Waals surface area contributed by atoms with Gasteiger partial charge >= 0.3 is 0 Å². The molecule has 0 amide bonds. The van der Waals surface area contributed by atoms with E-state index in [-0.39, 0.29) is 11.6 Å². The predicted molar refractivity (Wildman–Crippen MR) is 80.7 cm³/mol. The molecule has 0 saturated carbocycles. The molecular formula is C16H16N2O2. The van der Waals surface area contributed by atoms with Crippen LogP contribution in [0.1, 0.15) is 34.6 Å². The number of nitrogen functional groups attached to an aromatic ring is 2. The van der Waals surface area contributed by atoms with Gasteiger partial charge in [-0.15, -0.1) is 0 Å². The highest BCUT2D eigenvalue weighted by Gasteiger charge is 2.15. The first kappa shape index (κ1) is 13.8. The Balaban J connectivity index is 2.75. The van der Waals surface area contributed by atoms with Gasteiger partial charge in [-0.25, -0.2) is 0 Å². The molecule has 4 heteroatoms. The van der Waals surface area contributed by atoms with Crippen molar-refractivity contribution in [2.45, 2.75) is 13.8 Å². The van der Waals surface area contributed by atoms with E-state index < -0.39 is 0 Å². The number of nitrogens with two attached hydrogens (primary N) is 2. The SMILES string of the molecule is CC(=O)c1cc(N)ccc1-c1ccc(N)cc1C(C)=O. The van der Waals surface area contributed by atoms with Gasteiger partial charge in [0.15, 0.2) is 11.6 Å². The number of carbonyl (C=O) groups excluding carboxylic acids is 2. The molecule has 2 rings (SSSR count). The van der Waals surface area contributed by atoms with Gasteiger partial charge in [0.05, 0.1) is 0 Å². The summed E-state index contributed by atoms with van der Waals surface area (Å²) in [6, 6.07) is 10.2. The summed E-state index contributed by atoms with van der Waals surface area (Å²) in [6.45, 7) is 2.95. The molecule has 0 aliphatic rings. The summed E-state index contributed by atoms with van der Waals surface area (Å²) in [5, 5.41) is 0. The molecule has 0 spiro atoms. The van der Waals surface area contributed by atoms with E-state index in [0.717, 1.165) is 0 Å². The predicted octanol–water partition coefficient (Wildman–Crippen LogP) is 2.92. The second kappa shape index (κ2) is 5.17. The summed E-state index contributed by atoms with van der Waals surface area (Å²) in [5.41, 5.74) is 14.9. The molecule has 4 N–H and O–H groups in total. The van der Waals surface area contributed by atoms with Crippen LogP contribution in [0.4, 0.5) is 11.4 Å². The highest BCUT2D eigenvalue weighted by Crippen LogP contribution is 2.30. The Morgan fingerprint density at radius 3 is 1.40 bits per heavy atom. The molecule has 0 heterocycles. The van der Waals surface area contributed by atoms with Crippen LogP contribution in [0.3, 0.4) is 0 Å². The third-order valence-corrected chi connectivity index (χ3v) is 3.14. The van der Waals surface area contributed by atoms with E-state index in [2.05, 4.69) is 0 Å². The average Bonchev–Trinajstić information content (AvgIpc) is 2.38. The van der Waals surface area contributed by atoms with Gasteiger partial charge in [0, 0.05) is 22.5 Å². The monoisotopic (exact) mass is 268 g/mol. The fraction of sp³-hybridized carbons (Fsp3) is 0.125. The van der Waals surface area contributed by atoms with E-state index in [0.29, 0.717) is 33.6 Å². The number of carbonyl (C=O) groups is 2. The van der Waals surface area contributed by atoms with E-state index in [1.54, 1.807) is 36.4 Å². The first-order valence-electron chi connectivity index (χ1n) is 6.21. The Morgan fingerprint density at radius 2 is 1.10 bits per heavy atom. The third-order valence-electron chi connectivity index (χ3n) is 3.14. The Kier molecular flexibility index (Phi) is 3.57. The number of anilines is 2. The quantitative estimate of drug-likeness (QED) is 0.662. The Bertz CT molecular complexity index is 644. The van der Waals surface area contributed by atoms with Gasteiger partial charge in [-0.3, -0.25) is 9.59 Å². The second-order valence-electron chi connectivity index (χ2n) is 4.72. The van der Waals surface area contributed by atoms with Crippen molar-refractivity contribution in [3.63, 3.8) is 0 Å². The van der Waals surface area contributed by atoms with Crippen molar-refractivity contribution in [1.29, 1.82) is 0 Å². The molecule has 0 aromatic heterocycles. The minimum atomic E-state index is -0.0985. The second-order valence-corrected chi connectivity index (χ2v) is 4.72. The van der Waals surface area contributed by atoms with Crippen LogP contribution in [0.25, 0.3) is 11.1 Å². The molecule has 0 fully saturated rings. The molecule has 0 bridgehead atoms. The van der Waals surface area contributed by atoms with E-state index >= 15 is 0 Å². The average molecular weight is 268 g/mol. The summed E-state index contributed by atoms with van der Waals surface area (Å²) in [6.07, 6.45) is 0. The normalized spacial score (nSPS) is 10.3. The van der Waals surface area contributed by atoms with E-state index in [9.17, 15) is 9.59 Å². The minimum absolute atomic E-state index is 0.0985. The fourth-order valence-corrected chi connectivity index (χ4v) is 2.18. The Labute approximate surface area is 117 Å². The number of hydrogen-bond acceptors (Lipinski definition) is 4. The molecule has 0 saturated heterocycles. The van der Waals surface area contributed by atoms with E-state index in [1.807, 2.05) is 0 Å². The van der Waals surface area contributed by atoms with Crippen LogP contribution in [0, 0.1) is 0 Å². The molecule has 0 radical (unpaired) electrons. The molecule has 20 heavy (non-hydrogen) atoms. The fourth-order valence-electron chi connectivity index (χ4n) is 2.18. The van der Waals surface area contributed by atoms with Crippen molar-refractivity contribution in [1.82, 2.24) is 0 Å². The van der Waals surface area contributed by atoms with Gasteiger partial charge in [0.2, 0.25) is 0 Å². The van der Waals surface area contributed by atoms with Gasteiger partial charge in [-0.05, 0) is 49.2 Å². The Morgan fingerprint density at radius 1 is 0.750 bits per heavy atom. The van der Waals surface area contributed by atoms with Crippen LogP contribution >= 0.6 is 0 Å². The maximum atomic E-state index is 11.8. The maximum Gasteiger partial charge on any atom is 0.160 e. The lowest BCUT2D eigenvalue weighted by Gasteiger charge is -2.12. The van der Waals surface area contributed by atoms with Gasteiger partial charge in [-0.2, -0.15) is 0 Å². The highest BCUT2D eigenvalue weighted by molar-refractivity contribution is 6.07. The summed E-state index contributed by atoms with van der Waals surface area (Å²) in [5.74, 6) is -0.197. The molecule has 0 aliphatic heterocycles. The maximum absolute atomic E-state index is 11.8. The minimum Gasteiger partial charge on any atom is -0.399 e. The number of ketones is 2. The highest BCUT2D eigenvalue weighted by atomic mass is 16.1. The van der Waals surface area contributed by atoms with Crippen LogP contribution in [0.5, 0.6) is 0 Å². The smallest absolute Gasteiger partial charge is 0.160 e. The van der Waals surface area contributed by atoms with Gasteiger partial charge < -0.3 is 11.5 Å². The lowest BCUT2D eigenvalue weighted by atomic mass is 9.92. The molecule has 4 nitrogen and oxygen atoms in total. The van der Waals surface area contributed by atoms with Gasteiger partial charge in [0.25, 0.3) is 0 Å². The topological polar surface area (TPSA) is 86.2 Å². The summed E-state index contributed by atoms with van der Waals surface area (Å²) >= 11 is 0. The van der Waals surface area contributed by atoms with Gasteiger partial charge in [0.1, 0.15) is 0 Å². The van der Waals surface area contributed by atoms with Crippen molar-refractivity contribution < 1.29 is 9.59 Å². The van der Waals surface area contributed by atoms with Crippen molar-refractivity contribution in [2.75, 3.05) is 11.5 Å². The molecule has 2 aromatic rings. The van der Waals surface area contributed by atoms with E-state index in [1.165, 1.54) is 13.8 Å². The molecule has 102 valence electrons. The van der Waals surface area contributed by atoms with E-state index in [4.69, 9.17) is 11.5 Å². The number of hydrogen-bond donors (Lipinski definition) is 2. The Hall–Kier alpha value is -2.62. The van der Waals surface area contributed by atoms with Crippen LogP contribution in [0.15, 0.2) is 36.4 Å². The largest absolute Gasteiger partial charge is 0.399 e. The van der Waals surface area contributed by atoms with Crippen molar-refractivity contribution in [3.8, 4) is 11.1 Å². The van der Waals surface area contributed by atoms with Crippen LogP contribution in [-0.2, 0) is 0 Å². The number of Topliss-reactive ketones (excluding diaryl/α,β-unsaturated/α-hetero) is 2. The zero-order valence-electron chi connectivity index (χ0n) is 11.4. The summed E-state index contributed by atoms with van der Waals surface area (Å²) in [4.78, 5) is 23.5. The molecular weight excluding hydrogens is 252 g/mol. The molecule has 2 aromatic carbocycles. The molecule has 0 atom stereocenters. The third kappa shape index (κ3) is 2.54. The van der Waals surface area contributed by atoms with Crippen LogP contribution in [0.2, 0.25) is 0 Å². The van der Waals surface area contributed by atoms with Crippen molar-refractivity contribution in [2.24, 2.45) is 0 Å². The van der Waals surface area contributed by atoms with Crippen LogP contribution in [-0.4, -0.2) is 11.6 Å². The van der Waals surface area contributed by atoms with Crippen LogP contribution < -0.4 is 11.5 Å². The molecule has 0 aliphatic carbocycles. The van der Waals surface area contributed by atoms with Gasteiger partial charge in [-0.1, -0.05) is 12.1 Å². The van der Waals surface area contributed by atoms with Crippen molar-refractivity contribution >= 4 is 22.9 Å². The summed E-state index contributed by atoms with van der Waals surface area (Å²) in [7, 11) is 0. The first-order chi connectivity index (χ1) is 9.40.